The maximum atomic E-state index is 11.3. The smallest absolute Gasteiger partial charge is 0.151 e. The highest BCUT2D eigenvalue weighted by Gasteiger charge is 2.27. The molecule has 6 heteroatoms. The highest BCUT2D eigenvalue weighted by Crippen LogP contribution is 2.15. The van der Waals surface area contributed by atoms with E-state index < -0.39 is 9.84 Å². The van der Waals surface area contributed by atoms with Crippen molar-refractivity contribution in [3.05, 3.63) is 0 Å². The largest absolute Gasteiger partial charge is 0.312 e. The Bertz CT molecular complexity index is 385. The van der Waals surface area contributed by atoms with E-state index in [4.69, 9.17) is 0 Å². The van der Waals surface area contributed by atoms with E-state index in [1.54, 1.807) is 0 Å². The molecule has 112 valence electrons. The summed E-state index contributed by atoms with van der Waals surface area (Å²) in [4.78, 5) is 4.75. The maximum absolute atomic E-state index is 11.3. The van der Waals surface area contributed by atoms with Gasteiger partial charge in [-0.1, -0.05) is 0 Å². The van der Waals surface area contributed by atoms with Gasteiger partial charge in [-0.15, -0.1) is 0 Å². The van der Waals surface area contributed by atoms with Crippen molar-refractivity contribution in [2.24, 2.45) is 5.92 Å². The number of nitrogens with zero attached hydrogens (tertiary/aromatic N) is 2. The normalized spacial score (nSPS) is 31.3. The van der Waals surface area contributed by atoms with Gasteiger partial charge in [-0.3, -0.25) is 0 Å². The van der Waals surface area contributed by atoms with E-state index in [0.29, 0.717) is 11.5 Å². The first-order chi connectivity index (χ1) is 8.94. The van der Waals surface area contributed by atoms with Gasteiger partial charge in [0, 0.05) is 32.2 Å². The van der Waals surface area contributed by atoms with Crippen LogP contribution in [-0.4, -0.2) is 82.6 Å². The molecule has 2 aliphatic rings. The second-order valence-corrected chi connectivity index (χ2v) is 8.46. The molecule has 0 spiro atoms. The molecule has 0 aromatic heterocycles. The lowest BCUT2D eigenvalue weighted by Crippen LogP contribution is -2.38. The van der Waals surface area contributed by atoms with E-state index in [-0.39, 0.29) is 6.04 Å². The van der Waals surface area contributed by atoms with E-state index in [1.165, 1.54) is 19.5 Å². The molecule has 2 heterocycles. The van der Waals surface area contributed by atoms with Gasteiger partial charge in [-0.25, -0.2) is 8.42 Å². The molecule has 2 saturated heterocycles. The quantitative estimate of drug-likeness (QED) is 0.724. The van der Waals surface area contributed by atoms with Crippen LogP contribution in [0.2, 0.25) is 0 Å². The van der Waals surface area contributed by atoms with Gasteiger partial charge >= 0.3 is 0 Å². The highest BCUT2D eigenvalue weighted by atomic mass is 32.2. The van der Waals surface area contributed by atoms with Crippen LogP contribution < -0.4 is 5.32 Å². The Morgan fingerprint density at radius 3 is 2.74 bits per heavy atom. The number of nitrogens with one attached hydrogen (secondary N) is 1. The second kappa shape index (κ2) is 6.52. The van der Waals surface area contributed by atoms with Gasteiger partial charge in [0.2, 0.25) is 0 Å². The molecule has 2 atom stereocenters. The van der Waals surface area contributed by atoms with E-state index >= 15 is 0 Å². The zero-order valence-electron chi connectivity index (χ0n) is 12.1. The molecule has 2 aliphatic heterocycles. The van der Waals surface area contributed by atoms with E-state index in [9.17, 15) is 8.42 Å². The van der Waals surface area contributed by atoms with Gasteiger partial charge in [0.25, 0.3) is 0 Å². The van der Waals surface area contributed by atoms with Crippen LogP contribution in [0.3, 0.4) is 0 Å². The minimum absolute atomic E-state index is 0.177. The van der Waals surface area contributed by atoms with Gasteiger partial charge in [-0.2, -0.15) is 0 Å². The Hall–Kier alpha value is -0.170. The first-order valence-corrected chi connectivity index (χ1v) is 9.07. The molecule has 0 aromatic rings. The first-order valence-electron chi connectivity index (χ1n) is 7.25. The van der Waals surface area contributed by atoms with Crippen molar-refractivity contribution in [3.8, 4) is 0 Å². The lowest BCUT2D eigenvalue weighted by molar-refractivity contribution is 0.270. The fourth-order valence-corrected chi connectivity index (χ4v) is 4.83. The topological polar surface area (TPSA) is 52.7 Å². The molecule has 0 amide bonds. The molecule has 0 bridgehead atoms. The lowest BCUT2D eigenvalue weighted by Gasteiger charge is -2.22. The molecular weight excluding hydrogens is 262 g/mol. The van der Waals surface area contributed by atoms with Crippen LogP contribution in [-0.2, 0) is 9.84 Å². The molecule has 0 aromatic carbocycles. The summed E-state index contributed by atoms with van der Waals surface area (Å²) in [5.74, 6) is 1.47. The third kappa shape index (κ3) is 5.02. The SMILES string of the molecule is CN(CCNC1CCS(=O)(=O)C1)CC1CCN(C)C1. The van der Waals surface area contributed by atoms with Crippen molar-refractivity contribution in [2.75, 3.05) is 58.3 Å². The van der Waals surface area contributed by atoms with Crippen LogP contribution >= 0.6 is 0 Å². The zero-order chi connectivity index (χ0) is 13.9. The molecule has 1 N–H and O–H groups in total. The summed E-state index contributed by atoms with van der Waals surface area (Å²) < 4.78 is 22.7. The number of rotatable bonds is 6. The molecular formula is C13H27N3O2S. The van der Waals surface area contributed by atoms with Crippen LogP contribution in [0.25, 0.3) is 0 Å². The number of likely N-dealkylation sites (N-methyl/N-ethyl adjacent to an activating group) is 1. The van der Waals surface area contributed by atoms with Gasteiger partial charge in [0.1, 0.15) is 0 Å². The summed E-state index contributed by atoms with van der Waals surface area (Å²) in [7, 11) is 1.59. The second-order valence-electron chi connectivity index (χ2n) is 6.23. The summed E-state index contributed by atoms with van der Waals surface area (Å²) >= 11 is 0. The molecule has 0 radical (unpaired) electrons. The number of hydrogen-bond donors (Lipinski definition) is 1. The third-order valence-electron chi connectivity index (χ3n) is 4.22. The van der Waals surface area contributed by atoms with Crippen molar-refractivity contribution in [1.29, 1.82) is 0 Å². The maximum Gasteiger partial charge on any atom is 0.151 e. The lowest BCUT2D eigenvalue weighted by atomic mass is 10.1. The molecule has 2 fully saturated rings. The summed E-state index contributed by atoms with van der Waals surface area (Å²) in [6.45, 7) is 5.46. The van der Waals surface area contributed by atoms with Crippen molar-refractivity contribution < 1.29 is 8.42 Å². The van der Waals surface area contributed by atoms with Gasteiger partial charge in [0.05, 0.1) is 11.5 Å². The standard InChI is InChI=1S/C13H27N3O2S/c1-15-6-3-12(9-15)10-16(2)7-5-14-13-4-8-19(17,18)11-13/h12-14H,3-11H2,1-2H3. The monoisotopic (exact) mass is 289 g/mol. The van der Waals surface area contributed by atoms with E-state index in [0.717, 1.165) is 32.0 Å². The first kappa shape index (κ1) is 15.2. The molecule has 5 nitrogen and oxygen atoms in total. The van der Waals surface area contributed by atoms with Crippen LogP contribution in [0.4, 0.5) is 0 Å². The van der Waals surface area contributed by atoms with Crippen LogP contribution in [0.15, 0.2) is 0 Å². The number of sulfone groups is 1. The van der Waals surface area contributed by atoms with Gasteiger partial charge in [-0.05, 0) is 39.4 Å². The van der Waals surface area contributed by atoms with Crippen molar-refractivity contribution in [2.45, 2.75) is 18.9 Å². The zero-order valence-corrected chi connectivity index (χ0v) is 13.0. The highest BCUT2D eigenvalue weighted by molar-refractivity contribution is 7.91. The average molecular weight is 289 g/mol. The summed E-state index contributed by atoms with van der Waals surface area (Å²) in [5, 5.41) is 3.37. The Morgan fingerprint density at radius 2 is 2.16 bits per heavy atom. The Labute approximate surface area is 117 Å². The summed E-state index contributed by atoms with van der Waals surface area (Å²) in [5.41, 5.74) is 0. The fourth-order valence-electron chi connectivity index (χ4n) is 3.12. The number of likely N-dealkylation sites (tertiary alicyclic amines) is 1. The van der Waals surface area contributed by atoms with Crippen LogP contribution in [0.1, 0.15) is 12.8 Å². The third-order valence-corrected chi connectivity index (χ3v) is 5.99. The predicted molar refractivity (Wildman–Crippen MR) is 78.2 cm³/mol. The van der Waals surface area contributed by atoms with Crippen LogP contribution in [0.5, 0.6) is 0 Å². The molecule has 19 heavy (non-hydrogen) atoms. The Morgan fingerprint density at radius 1 is 1.37 bits per heavy atom. The molecule has 2 rings (SSSR count). The number of hydrogen-bond acceptors (Lipinski definition) is 5. The van der Waals surface area contributed by atoms with Crippen molar-refractivity contribution >= 4 is 9.84 Å². The van der Waals surface area contributed by atoms with E-state index in [1.807, 2.05) is 0 Å². The van der Waals surface area contributed by atoms with Crippen molar-refractivity contribution in [1.82, 2.24) is 15.1 Å². The van der Waals surface area contributed by atoms with Gasteiger partial charge in [0.15, 0.2) is 9.84 Å². The summed E-state index contributed by atoms with van der Waals surface area (Å²) in [6, 6.07) is 0.177. The molecule has 0 saturated carbocycles. The average Bonchev–Trinajstić information content (AvgIpc) is 2.85. The van der Waals surface area contributed by atoms with Crippen LogP contribution in [0, 0.1) is 5.92 Å². The summed E-state index contributed by atoms with van der Waals surface area (Å²) in [6.07, 6.45) is 2.08. The molecule has 0 aliphatic carbocycles. The Balaban J connectivity index is 1.58. The van der Waals surface area contributed by atoms with Gasteiger partial charge < -0.3 is 15.1 Å². The predicted octanol–water partition coefficient (Wildman–Crippen LogP) is -0.353. The van der Waals surface area contributed by atoms with Crippen molar-refractivity contribution in [3.63, 3.8) is 0 Å². The Kier molecular flexibility index (Phi) is 5.22. The molecule has 2 unspecified atom stereocenters. The minimum Gasteiger partial charge on any atom is -0.312 e. The minimum atomic E-state index is -2.75. The fraction of sp³-hybridized carbons (Fsp3) is 1.00. The van der Waals surface area contributed by atoms with E-state index in [2.05, 4.69) is 29.2 Å².